The maximum atomic E-state index is 15.5. The van der Waals surface area contributed by atoms with Gasteiger partial charge in [0.2, 0.25) is 5.92 Å². The minimum atomic E-state index is -4.93. The molecule has 1 aliphatic heterocycles. The van der Waals surface area contributed by atoms with Crippen LogP contribution in [0.15, 0.2) is 41.3 Å². The fourth-order valence-electron chi connectivity index (χ4n) is 4.65. The number of ether oxygens (including phenoxy) is 1. The molecular weight excluding hydrogens is 539 g/mol. The Balaban J connectivity index is 1.82. The second-order valence-electron chi connectivity index (χ2n) is 10.0. The van der Waals surface area contributed by atoms with Crippen LogP contribution in [0, 0.1) is 17.2 Å². The summed E-state index contributed by atoms with van der Waals surface area (Å²) in [5.41, 5.74) is -4.40. The summed E-state index contributed by atoms with van der Waals surface area (Å²) < 4.78 is 118. The molecule has 0 aromatic heterocycles. The van der Waals surface area contributed by atoms with Gasteiger partial charge in [0.15, 0.2) is 5.50 Å². The lowest BCUT2D eigenvalue weighted by Crippen LogP contribution is -2.37. The highest BCUT2D eigenvalue weighted by Gasteiger charge is 2.43. The largest absolute Gasteiger partial charge is 0.492 e. The molecule has 4 nitrogen and oxygen atoms in total. The van der Waals surface area contributed by atoms with E-state index in [4.69, 9.17) is 4.74 Å². The van der Waals surface area contributed by atoms with Gasteiger partial charge in [0.1, 0.15) is 24.5 Å². The number of hydrogen-bond acceptors (Lipinski definition) is 4. The number of hydrogen-bond donors (Lipinski definition) is 0. The highest BCUT2D eigenvalue weighted by Crippen LogP contribution is 2.47. The molecule has 0 radical (unpaired) electrons. The fourth-order valence-corrected chi connectivity index (χ4v) is 6.06. The van der Waals surface area contributed by atoms with E-state index in [0.717, 1.165) is 24.6 Å². The summed E-state index contributed by atoms with van der Waals surface area (Å²) in [7, 11) is -2.54. The van der Waals surface area contributed by atoms with Crippen molar-refractivity contribution in [2.45, 2.75) is 61.5 Å². The van der Waals surface area contributed by atoms with Crippen LogP contribution in [0.4, 0.5) is 42.1 Å². The summed E-state index contributed by atoms with van der Waals surface area (Å²) in [6.07, 6.45) is -3.78. The van der Waals surface area contributed by atoms with Crippen LogP contribution in [0.3, 0.4) is 0 Å². The number of alkyl halides is 6. The first kappa shape index (κ1) is 28.4. The quantitative estimate of drug-likeness (QED) is 0.251. The average Bonchev–Trinajstić information content (AvgIpc) is 2.91. The van der Waals surface area contributed by atoms with Gasteiger partial charge in [0, 0.05) is 24.6 Å². The Morgan fingerprint density at radius 2 is 1.79 bits per heavy atom. The zero-order valence-corrected chi connectivity index (χ0v) is 21.2. The molecule has 0 saturated heterocycles. The van der Waals surface area contributed by atoms with E-state index in [-0.39, 0.29) is 35.8 Å². The number of rotatable bonds is 8. The molecule has 2 aliphatic rings. The lowest BCUT2D eigenvalue weighted by molar-refractivity contribution is -0.139. The summed E-state index contributed by atoms with van der Waals surface area (Å²) in [6, 6.07) is 6.16. The Morgan fingerprint density at radius 1 is 1.13 bits per heavy atom. The van der Waals surface area contributed by atoms with E-state index in [1.807, 2.05) is 0 Å². The van der Waals surface area contributed by atoms with E-state index in [0.29, 0.717) is 32.1 Å². The van der Waals surface area contributed by atoms with Crippen molar-refractivity contribution in [1.82, 2.24) is 0 Å². The van der Waals surface area contributed by atoms with Crippen LogP contribution in [-0.2, 0) is 21.8 Å². The molecule has 2 aromatic rings. The molecule has 208 valence electrons. The van der Waals surface area contributed by atoms with Crippen LogP contribution >= 0.6 is 0 Å². The zero-order chi connectivity index (χ0) is 27.9. The first-order valence-corrected chi connectivity index (χ1v) is 13.2. The normalized spacial score (nSPS) is 23.3. The summed E-state index contributed by atoms with van der Waals surface area (Å²) in [5, 5.41) is 0. The number of carbonyl (C=O) groups excluding carboxylic acids is 1. The molecule has 3 unspecified atom stereocenters. The third-order valence-electron chi connectivity index (χ3n) is 7.07. The second-order valence-corrected chi connectivity index (χ2v) is 11.5. The number of halogens is 7. The molecular formula is C26H26F7NO3S. The van der Waals surface area contributed by atoms with Crippen LogP contribution in [0.1, 0.15) is 44.6 Å². The van der Waals surface area contributed by atoms with E-state index >= 15 is 4.39 Å². The molecule has 1 heterocycles. The Morgan fingerprint density at radius 3 is 2.32 bits per heavy atom. The minimum absolute atomic E-state index is 0.170. The van der Waals surface area contributed by atoms with Gasteiger partial charge >= 0.3 is 6.18 Å². The molecule has 2 aromatic carbocycles. The Hall–Kier alpha value is -2.63. The van der Waals surface area contributed by atoms with Crippen LogP contribution < -0.4 is 9.64 Å². The highest BCUT2D eigenvalue weighted by atomic mass is 32.2. The van der Waals surface area contributed by atoms with Crippen LogP contribution in [0.5, 0.6) is 5.75 Å². The predicted octanol–water partition coefficient (Wildman–Crippen LogP) is 7.20. The van der Waals surface area contributed by atoms with Gasteiger partial charge in [-0.25, -0.2) is 17.6 Å². The maximum absolute atomic E-state index is 15.5. The molecule has 4 rings (SSSR count). The summed E-state index contributed by atoms with van der Waals surface area (Å²) in [4.78, 5) is 12.4. The Bertz CT molecular complexity index is 1190. The molecule has 0 spiro atoms. The lowest BCUT2D eigenvalue weighted by atomic mass is 9.71. The van der Waals surface area contributed by atoms with Crippen molar-refractivity contribution in [3.05, 3.63) is 47.8 Å². The highest BCUT2D eigenvalue weighted by molar-refractivity contribution is 7.85. The standard InChI is InChI=1S/C26H26F7NO3S/c1-24(29,30)10-7-16-13-34(18-5-3-17(27)4-6-18)20-11-19(26(31,32)33)21(12-22(20)38(36)23(16)28)37-15-25(14-35)8-2-9-25/h3-6,11-12,14,16,23H,2,7-10,13,15H2,1H3. The molecule has 12 heteroatoms. The lowest BCUT2D eigenvalue weighted by Gasteiger charge is -2.36. The van der Waals surface area contributed by atoms with Crippen molar-refractivity contribution in [1.29, 1.82) is 0 Å². The number of aldehydes is 1. The van der Waals surface area contributed by atoms with Crippen LogP contribution in [0.2, 0.25) is 0 Å². The molecule has 1 fully saturated rings. The van der Waals surface area contributed by atoms with Gasteiger partial charge in [-0.15, -0.1) is 0 Å². The van der Waals surface area contributed by atoms with E-state index in [9.17, 15) is 35.3 Å². The first-order valence-electron chi connectivity index (χ1n) is 12.0. The Labute approximate surface area is 217 Å². The molecule has 3 atom stereocenters. The molecule has 0 amide bonds. The number of fused-ring (bicyclic) bond motifs is 1. The third kappa shape index (κ3) is 6.00. The van der Waals surface area contributed by atoms with Gasteiger partial charge in [-0.2, -0.15) is 13.2 Å². The second kappa shape index (κ2) is 10.5. The number of anilines is 2. The minimum Gasteiger partial charge on any atom is -0.492 e. The topological polar surface area (TPSA) is 46.6 Å². The SMILES string of the molecule is CC(F)(F)CCC1CN(c2ccc(F)cc2)c2cc(C(F)(F)F)c(OCC3(C=O)CCC3)cc2S(=O)C1F. The van der Waals surface area contributed by atoms with Gasteiger partial charge in [-0.05, 0) is 62.6 Å². The van der Waals surface area contributed by atoms with Crippen LogP contribution in [0.25, 0.3) is 0 Å². The molecule has 1 saturated carbocycles. The van der Waals surface area contributed by atoms with Gasteiger partial charge in [0.05, 0.1) is 32.4 Å². The van der Waals surface area contributed by atoms with Crippen LogP contribution in [-0.4, -0.2) is 35.1 Å². The van der Waals surface area contributed by atoms with Gasteiger partial charge in [-0.3, -0.25) is 4.21 Å². The smallest absolute Gasteiger partial charge is 0.420 e. The molecule has 38 heavy (non-hydrogen) atoms. The number of benzene rings is 2. The summed E-state index contributed by atoms with van der Waals surface area (Å²) in [5.74, 6) is -5.70. The Kier molecular flexibility index (Phi) is 7.84. The molecule has 1 aliphatic carbocycles. The summed E-state index contributed by atoms with van der Waals surface area (Å²) >= 11 is 0. The fraction of sp³-hybridized carbons (Fsp3) is 0.500. The number of carbonyl (C=O) groups is 1. The van der Waals surface area contributed by atoms with E-state index in [1.54, 1.807) is 0 Å². The third-order valence-corrected chi connectivity index (χ3v) is 8.63. The van der Waals surface area contributed by atoms with Gasteiger partial charge < -0.3 is 14.4 Å². The summed E-state index contributed by atoms with van der Waals surface area (Å²) in [6.45, 7) is -0.0405. The van der Waals surface area contributed by atoms with Gasteiger partial charge in [-0.1, -0.05) is 6.42 Å². The van der Waals surface area contributed by atoms with E-state index in [2.05, 4.69) is 0 Å². The van der Waals surface area contributed by atoms with E-state index in [1.165, 1.54) is 17.0 Å². The molecule has 0 N–H and O–H groups in total. The van der Waals surface area contributed by atoms with Crippen molar-refractivity contribution in [2.75, 3.05) is 18.1 Å². The van der Waals surface area contributed by atoms with Crippen molar-refractivity contribution in [3.63, 3.8) is 0 Å². The van der Waals surface area contributed by atoms with Crippen molar-refractivity contribution >= 4 is 28.5 Å². The number of nitrogens with zero attached hydrogens (tertiary/aromatic N) is 1. The van der Waals surface area contributed by atoms with Gasteiger partial charge in [0.25, 0.3) is 0 Å². The van der Waals surface area contributed by atoms with Crippen molar-refractivity contribution in [2.24, 2.45) is 11.3 Å². The monoisotopic (exact) mass is 565 g/mol. The van der Waals surface area contributed by atoms with Crippen molar-refractivity contribution < 1.29 is 44.5 Å². The van der Waals surface area contributed by atoms with E-state index < -0.39 is 63.3 Å². The zero-order valence-electron chi connectivity index (χ0n) is 20.4. The van der Waals surface area contributed by atoms with Crippen molar-refractivity contribution in [3.8, 4) is 5.75 Å². The molecule has 0 bridgehead atoms. The predicted molar refractivity (Wildman–Crippen MR) is 127 cm³/mol. The maximum Gasteiger partial charge on any atom is 0.420 e. The average molecular weight is 566 g/mol. The first-order chi connectivity index (χ1) is 17.7.